The molecule has 7 nitrogen and oxygen atoms in total. The molecule has 0 atom stereocenters. The number of aromatic amines is 2. The molecule has 0 aliphatic carbocycles. The zero-order chi connectivity index (χ0) is 12.5. The van der Waals surface area contributed by atoms with Crippen molar-refractivity contribution in [2.24, 2.45) is 0 Å². The Balaban J connectivity index is 1.86. The summed E-state index contributed by atoms with van der Waals surface area (Å²) in [6, 6.07) is 0. The maximum atomic E-state index is 10.7. The maximum Gasteiger partial charge on any atom is 0.309 e. The highest BCUT2D eigenvalue weighted by Crippen LogP contribution is 2.12. The van der Waals surface area contributed by atoms with Gasteiger partial charge in [0.2, 0.25) is 5.78 Å². The van der Waals surface area contributed by atoms with Gasteiger partial charge in [0, 0.05) is 36.4 Å². The van der Waals surface area contributed by atoms with Crippen molar-refractivity contribution in [3.63, 3.8) is 0 Å². The summed E-state index contributed by atoms with van der Waals surface area (Å²) in [5.74, 6) is -0.102. The number of nitrogens with one attached hydrogen (secondary N) is 2. The van der Waals surface area contributed by atoms with Gasteiger partial charge in [-0.25, -0.2) is 4.98 Å². The van der Waals surface area contributed by atoms with Crippen LogP contribution in [0.2, 0.25) is 0 Å². The van der Waals surface area contributed by atoms with E-state index in [9.17, 15) is 4.79 Å². The molecule has 0 spiro atoms. The fourth-order valence-corrected chi connectivity index (χ4v) is 1.95. The van der Waals surface area contributed by atoms with Crippen molar-refractivity contribution in [1.82, 2.24) is 24.6 Å². The van der Waals surface area contributed by atoms with Crippen molar-refractivity contribution in [1.29, 1.82) is 0 Å². The number of nitrogens with zero attached hydrogens (tertiary/aromatic N) is 3. The topological polar surface area (TPSA) is 99.1 Å². The van der Waals surface area contributed by atoms with Gasteiger partial charge in [-0.2, -0.15) is 5.10 Å². The van der Waals surface area contributed by atoms with E-state index in [4.69, 9.17) is 5.11 Å². The van der Waals surface area contributed by atoms with E-state index >= 15 is 0 Å². The summed E-state index contributed by atoms with van der Waals surface area (Å²) >= 11 is 0. The van der Waals surface area contributed by atoms with E-state index in [0.29, 0.717) is 12.1 Å². The first kappa shape index (κ1) is 10.6. The Morgan fingerprint density at radius 3 is 3.17 bits per heavy atom. The molecule has 92 valence electrons. The first-order valence-electron chi connectivity index (χ1n) is 5.46. The van der Waals surface area contributed by atoms with E-state index in [1.165, 1.54) is 0 Å². The average molecular weight is 245 g/mol. The average Bonchev–Trinajstić information content (AvgIpc) is 2.94. The van der Waals surface area contributed by atoms with E-state index in [2.05, 4.69) is 20.2 Å². The molecule has 3 aromatic heterocycles. The number of aliphatic carboxylic acids is 1. The zero-order valence-electron chi connectivity index (χ0n) is 9.42. The summed E-state index contributed by atoms with van der Waals surface area (Å²) in [6.45, 7) is 0. The smallest absolute Gasteiger partial charge is 0.309 e. The molecule has 3 aromatic rings. The van der Waals surface area contributed by atoms with Gasteiger partial charge in [-0.3, -0.25) is 14.3 Å². The second-order valence-corrected chi connectivity index (χ2v) is 4.06. The van der Waals surface area contributed by atoms with Crippen molar-refractivity contribution in [3.05, 3.63) is 41.7 Å². The van der Waals surface area contributed by atoms with Crippen LogP contribution in [-0.4, -0.2) is 35.6 Å². The van der Waals surface area contributed by atoms with Crippen LogP contribution in [0.4, 0.5) is 0 Å². The number of imidazole rings is 2. The lowest BCUT2D eigenvalue weighted by Gasteiger charge is -1.98. The molecule has 3 rings (SSSR count). The van der Waals surface area contributed by atoms with Gasteiger partial charge in [0.15, 0.2) is 0 Å². The molecular weight excluding hydrogens is 234 g/mol. The van der Waals surface area contributed by atoms with Gasteiger partial charge in [0.25, 0.3) is 0 Å². The number of carboxylic acids is 1. The minimum absolute atomic E-state index is 0.0484. The molecule has 0 fully saturated rings. The third-order valence-corrected chi connectivity index (χ3v) is 2.75. The second kappa shape index (κ2) is 4.02. The predicted octanol–water partition coefficient (Wildman–Crippen LogP) is 0.603. The molecule has 3 heterocycles. The molecule has 0 unspecified atom stereocenters. The Morgan fingerprint density at radius 2 is 2.39 bits per heavy atom. The Kier molecular flexibility index (Phi) is 2.36. The zero-order valence-corrected chi connectivity index (χ0v) is 9.42. The van der Waals surface area contributed by atoms with Crippen LogP contribution in [0.3, 0.4) is 0 Å². The van der Waals surface area contributed by atoms with Crippen LogP contribution in [-0.2, 0) is 17.6 Å². The number of H-pyrrole nitrogens is 2. The van der Waals surface area contributed by atoms with Crippen molar-refractivity contribution in [3.8, 4) is 0 Å². The molecule has 3 N–H and O–H groups in total. The van der Waals surface area contributed by atoms with Gasteiger partial charge in [-0.05, 0) is 5.56 Å². The molecular formula is C11H11N5O2. The fraction of sp³-hybridized carbons (Fsp3) is 0.182. The number of fused-ring (bicyclic) bond motifs is 1. The minimum atomic E-state index is -0.873. The molecule has 7 heteroatoms. The highest BCUT2D eigenvalue weighted by molar-refractivity contribution is 5.70. The number of rotatable bonds is 4. The lowest BCUT2D eigenvalue weighted by atomic mass is 10.1. The van der Waals surface area contributed by atoms with Gasteiger partial charge in [0.05, 0.1) is 12.6 Å². The second-order valence-electron chi connectivity index (χ2n) is 4.06. The monoisotopic (exact) mass is 245 g/mol. The number of carbonyl (C=O) groups is 1. The molecule has 18 heavy (non-hydrogen) atoms. The van der Waals surface area contributed by atoms with Crippen LogP contribution < -0.4 is 0 Å². The van der Waals surface area contributed by atoms with Crippen molar-refractivity contribution in [2.75, 3.05) is 0 Å². The Bertz CT molecular complexity index is 664. The highest BCUT2D eigenvalue weighted by atomic mass is 16.4. The van der Waals surface area contributed by atoms with Gasteiger partial charge < -0.3 is 10.1 Å². The first-order valence-corrected chi connectivity index (χ1v) is 5.46. The summed E-state index contributed by atoms with van der Waals surface area (Å²) in [5, 5.41) is 15.4. The van der Waals surface area contributed by atoms with Crippen LogP contribution in [0.5, 0.6) is 0 Å². The van der Waals surface area contributed by atoms with E-state index in [0.717, 1.165) is 17.0 Å². The van der Waals surface area contributed by atoms with E-state index in [-0.39, 0.29) is 6.42 Å². The Labute approximate surface area is 101 Å². The quantitative estimate of drug-likeness (QED) is 0.626. The Morgan fingerprint density at radius 1 is 1.50 bits per heavy atom. The molecule has 0 amide bonds. The van der Waals surface area contributed by atoms with Gasteiger partial charge >= 0.3 is 5.97 Å². The van der Waals surface area contributed by atoms with Gasteiger partial charge in [-0.1, -0.05) is 0 Å². The lowest BCUT2D eigenvalue weighted by molar-refractivity contribution is -0.136. The molecule has 0 aliphatic rings. The standard InChI is InChI=1S/C11H11N5O2/c17-10(18)4-9-7(5-13-15-9)3-8-6-16-2-1-12-11(16)14-8/h1-2,5-6H,3-4H2,(H,12,14)(H,13,15)(H,17,18). The number of hydrogen-bond donors (Lipinski definition) is 3. The van der Waals surface area contributed by atoms with Crippen molar-refractivity contribution >= 4 is 11.7 Å². The van der Waals surface area contributed by atoms with E-state index < -0.39 is 5.97 Å². The summed E-state index contributed by atoms with van der Waals surface area (Å²) < 4.78 is 1.88. The number of carboxylic acid groups (broad SMARTS) is 1. The first-order chi connectivity index (χ1) is 8.72. The largest absolute Gasteiger partial charge is 0.481 e. The summed E-state index contributed by atoms with van der Waals surface area (Å²) in [5.41, 5.74) is 2.47. The Hall–Kier alpha value is -2.57. The van der Waals surface area contributed by atoms with Crippen LogP contribution >= 0.6 is 0 Å². The molecule has 0 bridgehead atoms. The third-order valence-electron chi connectivity index (χ3n) is 2.75. The summed E-state index contributed by atoms with van der Waals surface area (Å²) in [4.78, 5) is 18.0. The minimum Gasteiger partial charge on any atom is -0.481 e. The number of hydrogen-bond acceptors (Lipinski definition) is 3. The van der Waals surface area contributed by atoms with E-state index in [1.807, 2.05) is 16.8 Å². The summed E-state index contributed by atoms with van der Waals surface area (Å²) in [7, 11) is 0. The van der Waals surface area contributed by atoms with Crippen LogP contribution in [0.25, 0.3) is 5.78 Å². The third kappa shape index (κ3) is 1.86. The molecule has 0 aliphatic heterocycles. The fourth-order valence-electron chi connectivity index (χ4n) is 1.95. The maximum absolute atomic E-state index is 10.7. The van der Waals surface area contributed by atoms with Crippen LogP contribution in [0.15, 0.2) is 24.8 Å². The summed E-state index contributed by atoms with van der Waals surface area (Å²) in [6.07, 6.45) is 7.70. The molecule has 0 aromatic carbocycles. The van der Waals surface area contributed by atoms with E-state index in [1.54, 1.807) is 12.4 Å². The van der Waals surface area contributed by atoms with Crippen molar-refractivity contribution in [2.45, 2.75) is 12.8 Å². The van der Waals surface area contributed by atoms with Gasteiger partial charge in [-0.15, -0.1) is 0 Å². The SMILES string of the molecule is O=C(O)Cc1[nH]ncc1Cc1cn2ccnc2[nH]1. The molecule has 0 radical (unpaired) electrons. The van der Waals surface area contributed by atoms with Gasteiger partial charge in [0.1, 0.15) is 0 Å². The number of aromatic nitrogens is 5. The van der Waals surface area contributed by atoms with Crippen LogP contribution in [0.1, 0.15) is 17.0 Å². The molecule has 0 saturated carbocycles. The predicted molar refractivity (Wildman–Crippen MR) is 62.3 cm³/mol. The highest BCUT2D eigenvalue weighted by Gasteiger charge is 2.11. The molecule has 0 saturated heterocycles. The van der Waals surface area contributed by atoms with Crippen molar-refractivity contribution < 1.29 is 9.90 Å². The van der Waals surface area contributed by atoms with Crippen LogP contribution in [0, 0.1) is 0 Å². The normalized spacial score (nSPS) is 11.1. The lowest BCUT2D eigenvalue weighted by Crippen LogP contribution is -2.03.